The largest absolute Gasteiger partial charge is 2.00 e. The summed E-state index contributed by atoms with van der Waals surface area (Å²) < 4.78 is 8.88. The Hall–Kier alpha value is 1.43. The standard InChI is InChI=1S/Be.Ca.FH.H3O4P.H2O.4H/c;;;1-5(2,3)4;;;;;/h;;1H;(H3,1,2,3,4);1H2;;;;/q2*+2;;;;4*-1. The van der Waals surface area contributed by atoms with Crippen LogP contribution in [0.2, 0.25) is 0 Å². The van der Waals surface area contributed by atoms with Gasteiger partial charge in [-0.25, -0.2) is 4.57 Å². The summed E-state index contributed by atoms with van der Waals surface area (Å²) in [5.74, 6) is 0. The molecule has 0 aromatic heterocycles. The van der Waals surface area contributed by atoms with Crippen molar-refractivity contribution in [3.05, 3.63) is 0 Å². The van der Waals surface area contributed by atoms with Gasteiger partial charge in [0.1, 0.15) is 0 Å². The van der Waals surface area contributed by atoms with Crippen LogP contribution in [-0.2, 0) is 4.57 Å². The first-order valence-corrected chi connectivity index (χ1v) is 2.35. The minimum Gasteiger partial charge on any atom is -1.00 e. The molecule has 0 aliphatic rings. The van der Waals surface area contributed by atoms with E-state index in [1.165, 1.54) is 0 Å². The average Bonchev–Trinajstić information content (AvgIpc) is 0.722. The van der Waals surface area contributed by atoms with Crippen LogP contribution in [0.25, 0.3) is 0 Å². The monoisotopic (exact) mass is 189 g/mol. The minimum atomic E-state index is -4.64. The van der Waals surface area contributed by atoms with Gasteiger partial charge in [-0.2, -0.15) is 0 Å². The molecule has 5 nitrogen and oxygen atoms in total. The molecule has 0 bridgehead atoms. The fraction of sp³-hybridized carbons (Fsp3) is 0. The molecule has 56 valence electrons. The molecule has 0 radical (unpaired) electrons. The van der Waals surface area contributed by atoms with E-state index in [2.05, 4.69) is 0 Å². The van der Waals surface area contributed by atoms with Crippen molar-refractivity contribution in [2.45, 2.75) is 0 Å². The van der Waals surface area contributed by atoms with E-state index in [0.29, 0.717) is 0 Å². The molecule has 0 spiro atoms. The first-order valence-electron chi connectivity index (χ1n) is 0.783. The van der Waals surface area contributed by atoms with Gasteiger partial charge >= 0.3 is 55.7 Å². The third kappa shape index (κ3) is 255. The molecular formula is H10BeCaFO5P. The first-order chi connectivity index (χ1) is 2.00. The molecule has 0 aromatic carbocycles. The summed E-state index contributed by atoms with van der Waals surface area (Å²) in [4.78, 5) is 21.6. The fourth-order valence-corrected chi connectivity index (χ4v) is 0. The quantitative estimate of drug-likeness (QED) is 0.305. The molecule has 0 amide bonds. The zero-order valence-corrected chi connectivity index (χ0v) is 7.62. The second-order valence-corrected chi connectivity index (χ2v) is 1.54. The van der Waals surface area contributed by atoms with E-state index in [0.717, 1.165) is 0 Å². The molecule has 0 saturated heterocycles. The molecule has 0 atom stereocenters. The van der Waals surface area contributed by atoms with Gasteiger partial charge in [-0.05, 0) is 0 Å². The molecular weight excluding hydrogens is 179 g/mol. The predicted molar refractivity (Wildman–Crippen MR) is 36.3 cm³/mol. The molecule has 0 aromatic rings. The zero-order chi connectivity index (χ0) is 4.50. The third-order valence-electron chi connectivity index (χ3n) is 0. The number of hydrogen-bond acceptors (Lipinski definition) is 1. The molecule has 0 unspecified atom stereocenters. The number of rotatable bonds is 0. The maximum Gasteiger partial charge on any atom is 2.00 e. The van der Waals surface area contributed by atoms with Gasteiger partial charge < -0.3 is 25.9 Å². The molecule has 9 heavy (non-hydrogen) atoms. The van der Waals surface area contributed by atoms with Crippen LogP contribution >= 0.6 is 7.82 Å². The van der Waals surface area contributed by atoms with Gasteiger partial charge in [0, 0.05) is 0 Å². The van der Waals surface area contributed by atoms with E-state index in [1.54, 1.807) is 0 Å². The molecule has 0 heterocycles. The summed E-state index contributed by atoms with van der Waals surface area (Å²) in [6.45, 7) is 0. The maximum atomic E-state index is 8.88. The third-order valence-corrected chi connectivity index (χ3v) is 0. The van der Waals surface area contributed by atoms with Gasteiger partial charge in [0.05, 0.1) is 0 Å². The Morgan fingerprint density at radius 2 is 1.22 bits per heavy atom. The summed E-state index contributed by atoms with van der Waals surface area (Å²) >= 11 is 0. The molecule has 0 aliphatic heterocycles. The number of halogens is 1. The molecule has 0 saturated carbocycles. The minimum absolute atomic E-state index is 0. The number of phosphoric acid groups is 1. The van der Waals surface area contributed by atoms with Crippen LogP contribution in [-0.4, -0.2) is 68.0 Å². The van der Waals surface area contributed by atoms with Crippen LogP contribution in [0.3, 0.4) is 0 Å². The van der Waals surface area contributed by atoms with Crippen LogP contribution in [0.5, 0.6) is 0 Å². The van der Waals surface area contributed by atoms with Crippen LogP contribution in [0, 0.1) is 0 Å². The van der Waals surface area contributed by atoms with E-state index in [-0.39, 0.29) is 63.7 Å². The van der Waals surface area contributed by atoms with Gasteiger partial charge in [-0.1, -0.05) is 0 Å². The van der Waals surface area contributed by atoms with Crippen LogP contribution in [0.1, 0.15) is 5.71 Å². The Labute approximate surface area is 90.5 Å². The van der Waals surface area contributed by atoms with Crippen molar-refractivity contribution in [3.63, 3.8) is 0 Å². The topological polar surface area (TPSA) is 109 Å². The van der Waals surface area contributed by atoms with Crippen LogP contribution < -0.4 is 0 Å². The summed E-state index contributed by atoms with van der Waals surface area (Å²) in [5, 5.41) is 0. The van der Waals surface area contributed by atoms with Crippen molar-refractivity contribution < 1.29 is 35.1 Å². The summed E-state index contributed by atoms with van der Waals surface area (Å²) in [6, 6.07) is 0. The molecule has 0 aliphatic carbocycles. The van der Waals surface area contributed by atoms with Crippen molar-refractivity contribution in [2.75, 3.05) is 0 Å². The Kier molecular flexibility index (Phi) is 42.4. The summed E-state index contributed by atoms with van der Waals surface area (Å²) in [5.41, 5.74) is 0. The summed E-state index contributed by atoms with van der Waals surface area (Å²) in [6.07, 6.45) is 0. The van der Waals surface area contributed by atoms with Crippen molar-refractivity contribution in [2.24, 2.45) is 0 Å². The van der Waals surface area contributed by atoms with Gasteiger partial charge in [-0.15, -0.1) is 0 Å². The maximum absolute atomic E-state index is 8.88. The average molecular weight is 189 g/mol. The van der Waals surface area contributed by atoms with Gasteiger partial charge in [-0.3, -0.25) is 4.70 Å². The van der Waals surface area contributed by atoms with Crippen LogP contribution in [0.4, 0.5) is 4.70 Å². The van der Waals surface area contributed by atoms with Gasteiger partial charge in [0.25, 0.3) is 0 Å². The second-order valence-electron chi connectivity index (χ2n) is 0.513. The van der Waals surface area contributed by atoms with E-state index in [1.807, 2.05) is 0 Å². The van der Waals surface area contributed by atoms with E-state index in [4.69, 9.17) is 19.2 Å². The summed E-state index contributed by atoms with van der Waals surface area (Å²) in [7, 11) is -4.64. The van der Waals surface area contributed by atoms with Gasteiger partial charge in [0.2, 0.25) is 0 Å². The van der Waals surface area contributed by atoms with Crippen LogP contribution in [0.15, 0.2) is 0 Å². The van der Waals surface area contributed by atoms with E-state index < -0.39 is 7.82 Å². The number of hydrogen-bond donors (Lipinski definition) is 3. The zero-order valence-electron chi connectivity index (χ0n) is 8.52. The smallest absolute Gasteiger partial charge is 1.00 e. The Morgan fingerprint density at radius 1 is 1.22 bits per heavy atom. The van der Waals surface area contributed by atoms with Gasteiger partial charge in [0.15, 0.2) is 0 Å². The molecule has 0 fully saturated rings. The van der Waals surface area contributed by atoms with Crippen molar-refractivity contribution >= 4 is 55.7 Å². The molecule has 5 N–H and O–H groups in total. The first kappa shape index (κ1) is 31.5. The Bertz CT molecular complexity index is 74.7. The fourth-order valence-electron chi connectivity index (χ4n) is 0. The van der Waals surface area contributed by atoms with Crippen molar-refractivity contribution in [1.29, 1.82) is 0 Å². The van der Waals surface area contributed by atoms with Crippen molar-refractivity contribution in [3.8, 4) is 0 Å². The normalized spacial score (nSPS) is 6.56. The van der Waals surface area contributed by atoms with Crippen molar-refractivity contribution in [1.82, 2.24) is 0 Å². The van der Waals surface area contributed by atoms with E-state index >= 15 is 0 Å². The molecule has 9 heteroatoms. The van der Waals surface area contributed by atoms with E-state index in [9.17, 15) is 0 Å². The Balaban J connectivity index is -0.00000000286. The SMILES string of the molecule is F.O.O=P(O)(O)O.[Be+2].[Ca+2].[H-].[H-].[H-].[H-]. The predicted octanol–water partition coefficient (Wildman–Crippen LogP) is -1.91. The second kappa shape index (κ2) is 12.1. The Morgan fingerprint density at radius 3 is 1.22 bits per heavy atom. The molecule has 0 rings (SSSR count).